The Bertz CT molecular complexity index is 712. The third-order valence-corrected chi connectivity index (χ3v) is 3.14. The van der Waals surface area contributed by atoms with Crippen molar-refractivity contribution < 1.29 is 4.79 Å². The number of hydrogen-bond donors (Lipinski definition) is 3. The zero-order valence-electron chi connectivity index (χ0n) is 10.5. The molecule has 5 heteroatoms. The molecule has 2 aromatic heterocycles. The topological polar surface area (TPSA) is 73.6 Å². The maximum absolute atomic E-state index is 12.0. The van der Waals surface area contributed by atoms with Gasteiger partial charge in [-0.1, -0.05) is 18.2 Å². The lowest BCUT2D eigenvalue weighted by atomic mass is 10.1. The van der Waals surface area contributed by atoms with Gasteiger partial charge in [-0.2, -0.15) is 5.10 Å². The Hall–Kier alpha value is -2.56. The lowest BCUT2D eigenvalue weighted by Gasteiger charge is -2.03. The molecule has 0 fully saturated rings. The second kappa shape index (κ2) is 4.61. The molecule has 0 aliphatic heterocycles. The molecule has 3 aromatic rings. The number of aromatic nitrogens is 3. The number of carbonyl (C=O) groups is 1. The summed E-state index contributed by atoms with van der Waals surface area (Å²) in [4.78, 5) is 15.3. The maximum Gasteiger partial charge on any atom is 0.230 e. The summed E-state index contributed by atoms with van der Waals surface area (Å²) >= 11 is 0. The Morgan fingerprint density at radius 2 is 2.16 bits per heavy atom. The third kappa shape index (κ3) is 2.22. The highest BCUT2D eigenvalue weighted by atomic mass is 16.1. The van der Waals surface area contributed by atoms with E-state index in [9.17, 15) is 4.79 Å². The number of benzene rings is 1. The van der Waals surface area contributed by atoms with Gasteiger partial charge >= 0.3 is 0 Å². The van der Waals surface area contributed by atoms with E-state index in [2.05, 4.69) is 20.5 Å². The Kier molecular flexibility index (Phi) is 2.79. The minimum atomic E-state index is -0.0582. The standard InChI is InChI=1S/C14H14N4O/c1-9-11(10-4-2-3-5-12(10)16-9)8-14(19)17-13-6-7-15-18-13/h2-7,16H,8H2,1H3,(H2,15,17,18,19). The van der Waals surface area contributed by atoms with Crippen molar-refractivity contribution >= 4 is 22.6 Å². The highest BCUT2D eigenvalue weighted by Gasteiger charge is 2.12. The zero-order valence-corrected chi connectivity index (χ0v) is 10.5. The van der Waals surface area contributed by atoms with Crippen LogP contribution in [0.3, 0.4) is 0 Å². The fraction of sp³-hybridized carbons (Fsp3) is 0.143. The number of amides is 1. The van der Waals surface area contributed by atoms with Gasteiger partial charge in [0.25, 0.3) is 0 Å². The highest BCUT2D eigenvalue weighted by molar-refractivity contribution is 5.95. The van der Waals surface area contributed by atoms with E-state index in [1.54, 1.807) is 12.3 Å². The van der Waals surface area contributed by atoms with E-state index < -0.39 is 0 Å². The second-order valence-electron chi connectivity index (χ2n) is 4.47. The van der Waals surface area contributed by atoms with Crippen molar-refractivity contribution in [1.82, 2.24) is 15.2 Å². The summed E-state index contributed by atoms with van der Waals surface area (Å²) in [6, 6.07) is 9.72. The largest absolute Gasteiger partial charge is 0.358 e. The molecule has 0 unspecified atom stereocenters. The fourth-order valence-corrected chi connectivity index (χ4v) is 2.24. The summed E-state index contributed by atoms with van der Waals surface area (Å²) in [6.07, 6.45) is 1.95. The van der Waals surface area contributed by atoms with Crippen LogP contribution in [0.5, 0.6) is 0 Å². The van der Waals surface area contributed by atoms with Crippen LogP contribution in [0.25, 0.3) is 10.9 Å². The van der Waals surface area contributed by atoms with E-state index in [1.165, 1.54) is 0 Å². The number of nitrogens with one attached hydrogen (secondary N) is 3. The Labute approximate surface area is 110 Å². The number of fused-ring (bicyclic) bond motifs is 1. The molecule has 5 nitrogen and oxygen atoms in total. The number of para-hydroxylation sites is 1. The maximum atomic E-state index is 12.0. The predicted molar refractivity (Wildman–Crippen MR) is 74.0 cm³/mol. The summed E-state index contributed by atoms with van der Waals surface area (Å²) in [5.41, 5.74) is 3.12. The first kappa shape index (κ1) is 11.5. The van der Waals surface area contributed by atoms with Crippen LogP contribution in [-0.4, -0.2) is 21.1 Å². The average molecular weight is 254 g/mol. The molecule has 1 aromatic carbocycles. The molecule has 0 bridgehead atoms. The molecule has 0 spiro atoms. The van der Waals surface area contributed by atoms with Crippen LogP contribution in [0.1, 0.15) is 11.3 Å². The number of H-pyrrole nitrogens is 2. The van der Waals surface area contributed by atoms with E-state index in [1.807, 2.05) is 31.2 Å². The molecule has 2 heterocycles. The molecule has 3 rings (SSSR count). The zero-order chi connectivity index (χ0) is 13.2. The SMILES string of the molecule is Cc1[nH]c2ccccc2c1CC(=O)Nc1ccn[nH]1. The molecular weight excluding hydrogens is 240 g/mol. The van der Waals surface area contributed by atoms with E-state index in [4.69, 9.17) is 0 Å². The molecular formula is C14H14N4O. The summed E-state index contributed by atoms with van der Waals surface area (Å²) < 4.78 is 0. The lowest BCUT2D eigenvalue weighted by Crippen LogP contribution is -2.15. The summed E-state index contributed by atoms with van der Waals surface area (Å²) in [7, 11) is 0. The average Bonchev–Trinajstić information content (AvgIpc) is 2.99. The molecule has 3 N–H and O–H groups in total. The van der Waals surface area contributed by atoms with Crippen molar-refractivity contribution in [1.29, 1.82) is 0 Å². The first-order valence-corrected chi connectivity index (χ1v) is 6.09. The van der Waals surface area contributed by atoms with Crippen LogP contribution in [0, 0.1) is 6.92 Å². The molecule has 0 saturated heterocycles. The van der Waals surface area contributed by atoms with Crippen molar-refractivity contribution in [3.63, 3.8) is 0 Å². The number of anilines is 1. The Balaban J connectivity index is 1.85. The van der Waals surface area contributed by atoms with E-state index >= 15 is 0 Å². The van der Waals surface area contributed by atoms with Crippen LogP contribution >= 0.6 is 0 Å². The van der Waals surface area contributed by atoms with Gasteiger partial charge in [0.05, 0.1) is 12.6 Å². The van der Waals surface area contributed by atoms with Gasteiger partial charge in [0.2, 0.25) is 5.91 Å². The number of carbonyl (C=O) groups excluding carboxylic acids is 1. The molecule has 0 atom stereocenters. The highest BCUT2D eigenvalue weighted by Crippen LogP contribution is 2.22. The molecule has 0 radical (unpaired) electrons. The quantitative estimate of drug-likeness (QED) is 0.671. The number of aryl methyl sites for hydroxylation is 1. The second-order valence-corrected chi connectivity index (χ2v) is 4.47. The molecule has 0 aliphatic carbocycles. The van der Waals surface area contributed by atoms with Crippen LogP contribution in [0.2, 0.25) is 0 Å². The first-order chi connectivity index (χ1) is 9.24. The Morgan fingerprint density at radius 3 is 2.95 bits per heavy atom. The van der Waals surface area contributed by atoms with E-state index in [-0.39, 0.29) is 5.91 Å². The molecule has 0 saturated carbocycles. The monoisotopic (exact) mass is 254 g/mol. The van der Waals surface area contributed by atoms with Crippen molar-refractivity contribution in [2.45, 2.75) is 13.3 Å². The predicted octanol–water partition coefficient (Wildman–Crippen LogP) is 2.38. The molecule has 96 valence electrons. The van der Waals surface area contributed by atoms with Gasteiger partial charge < -0.3 is 10.3 Å². The third-order valence-electron chi connectivity index (χ3n) is 3.14. The van der Waals surface area contributed by atoms with Gasteiger partial charge in [0.1, 0.15) is 5.82 Å². The molecule has 0 aliphatic rings. The number of hydrogen-bond acceptors (Lipinski definition) is 2. The minimum Gasteiger partial charge on any atom is -0.358 e. The van der Waals surface area contributed by atoms with Crippen LogP contribution in [0.4, 0.5) is 5.82 Å². The number of rotatable bonds is 3. The van der Waals surface area contributed by atoms with Gasteiger partial charge in [-0.25, -0.2) is 0 Å². The molecule has 1 amide bonds. The normalized spacial score (nSPS) is 10.8. The summed E-state index contributed by atoms with van der Waals surface area (Å²) in [5.74, 6) is 0.555. The van der Waals surface area contributed by atoms with Crippen molar-refractivity contribution in [3.8, 4) is 0 Å². The van der Waals surface area contributed by atoms with Crippen LogP contribution in [0.15, 0.2) is 36.5 Å². The van der Waals surface area contributed by atoms with E-state index in [0.29, 0.717) is 12.2 Å². The van der Waals surface area contributed by atoms with Gasteiger partial charge in [-0.3, -0.25) is 9.89 Å². The van der Waals surface area contributed by atoms with Gasteiger partial charge in [0, 0.05) is 22.7 Å². The lowest BCUT2D eigenvalue weighted by molar-refractivity contribution is -0.115. The summed E-state index contributed by atoms with van der Waals surface area (Å²) in [6.45, 7) is 1.98. The van der Waals surface area contributed by atoms with E-state index in [0.717, 1.165) is 22.2 Å². The first-order valence-electron chi connectivity index (χ1n) is 6.09. The fourth-order valence-electron chi connectivity index (χ4n) is 2.24. The van der Waals surface area contributed by atoms with Gasteiger partial charge in [0.15, 0.2) is 0 Å². The van der Waals surface area contributed by atoms with Gasteiger partial charge in [-0.05, 0) is 18.6 Å². The van der Waals surface area contributed by atoms with Crippen molar-refractivity contribution in [2.24, 2.45) is 0 Å². The minimum absolute atomic E-state index is 0.0582. The van der Waals surface area contributed by atoms with Crippen LogP contribution in [-0.2, 0) is 11.2 Å². The van der Waals surface area contributed by atoms with Gasteiger partial charge in [-0.15, -0.1) is 0 Å². The summed E-state index contributed by atoms with van der Waals surface area (Å²) in [5, 5.41) is 10.4. The smallest absolute Gasteiger partial charge is 0.230 e. The van der Waals surface area contributed by atoms with Crippen molar-refractivity contribution in [3.05, 3.63) is 47.8 Å². The van der Waals surface area contributed by atoms with Crippen LogP contribution < -0.4 is 5.32 Å². The Morgan fingerprint density at radius 1 is 1.32 bits per heavy atom. The molecule has 19 heavy (non-hydrogen) atoms. The number of nitrogens with zero attached hydrogens (tertiary/aromatic N) is 1. The van der Waals surface area contributed by atoms with Crippen molar-refractivity contribution in [2.75, 3.05) is 5.32 Å². The number of aromatic amines is 2.